The van der Waals surface area contributed by atoms with Gasteiger partial charge in [0.05, 0.1) is 25.5 Å². The molecule has 7 heteroatoms. The van der Waals surface area contributed by atoms with Gasteiger partial charge in [-0.25, -0.2) is 4.98 Å². The van der Waals surface area contributed by atoms with Crippen LogP contribution in [0.1, 0.15) is 16.1 Å². The molecule has 0 fully saturated rings. The minimum absolute atomic E-state index is 0.284. The van der Waals surface area contributed by atoms with Crippen molar-refractivity contribution in [3.8, 4) is 27.8 Å². The summed E-state index contributed by atoms with van der Waals surface area (Å²) in [5.41, 5.74) is 2.23. The summed E-state index contributed by atoms with van der Waals surface area (Å²) in [4.78, 5) is 15.8. The second-order valence-electron chi connectivity index (χ2n) is 5.30. The number of halogens is 1. The zero-order valence-electron chi connectivity index (χ0n) is 14.2. The van der Waals surface area contributed by atoms with Crippen LogP contribution in [-0.4, -0.2) is 25.5 Å². The van der Waals surface area contributed by atoms with E-state index in [1.54, 1.807) is 26.4 Å². The lowest BCUT2D eigenvalue weighted by Gasteiger charge is -2.08. The van der Waals surface area contributed by atoms with Gasteiger partial charge in [0.1, 0.15) is 17.4 Å². The first-order valence-electron chi connectivity index (χ1n) is 7.69. The normalized spacial score (nSPS) is 10.4. The van der Waals surface area contributed by atoms with Crippen LogP contribution in [0.25, 0.3) is 10.6 Å². The van der Waals surface area contributed by atoms with Crippen LogP contribution in [0.4, 0.5) is 0 Å². The number of thiazole rings is 1. The van der Waals surface area contributed by atoms with Crippen LogP contribution in [0.15, 0.2) is 46.3 Å². The third-order valence-electron chi connectivity index (χ3n) is 3.66. The lowest BCUT2D eigenvalue weighted by Crippen LogP contribution is -1.98. The van der Waals surface area contributed by atoms with E-state index in [4.69, 9.17) is 14.2 Å². The van der Waals surface area contributed by atoms with Crippen LogP contribution in [0, 0.1) is 0 Å². The van der Waals surface area contributed by atoms with Gasteiger partial charge >= 0.3 is 0 Å². The van der Waals surface area contributed by atoms with Crippen LogP contribution >= 0.6 is 27.3 Å². The largest absolute Gasteiger partial charge is 0.493 e. The molecule has 1 heterocycles. The number of hydrogen-bond acceptors (Lipinski definition) is 6. The van der Waals surface area contributed by atoms with Gasteiger partial charge < -0.3 is 14.2 Å². The van der Waals surface area contributed by atoms with E-state index in [2.05, 4.69) is 20.9 Å². The number of hydrogen-bond donors (Lipinski definition) is 0. The second-order valence-corrected chi connectivity index (χ2v) is 7.08. The van der Waals surface area contributed by atoms with Gasteiger partial charge in [0.25, 0.3) is 0 Å². The Labute approximate surface area is 163 Å². The van der Waals surface area contributed by atoms with E-state index >= 15 is 0 Å². The highest BCUT2D eigenvalue weighted by atomic mass is 79.9. The van der Waals surface area contributed by atoms with E-state index in [0.29, 0.717) is 22.8 Å². The highest BCUT2D eigenvalue weighted by Gasteiger charge is 2.11. The Balaban J connectivity index is 1.75. The molecule has 2 aromatic carbocycles. The molecule has 0 saturated heterocycles. The average Bonchev–Trinajstić information content (AvgIpc) is 3.15. The molecule has 5 nitrogen and oxygen atoms in total. The monoisotopic (exact) mass is 433 g/mol. The van der Waals surface area contributed by atoms with Crippen molar-refractivity contribution in [1.82, 2.24) is 4.98 Å². The van der Waals surface area contributed by atoms with Gasteiger partial charge in [-0.05, 0) is 36.4 Å². The molecule has 0 amide bonds. The number of benzene rings is 2. The zero-order valence-corrected chi connectivity index (χ0v) is 16.6. The summed E-state index contributed by atoms with van der Waals surface area (Å²) < 4.78 is 17.2. The van der Waals surface area contributed by atoms with Gasteiger partial charge in [0, 0.05) is 15.4 Å². The molecular weight excluding hydrogens is 418 g/mol. The van der Waals surface area contributed by atoms with Gasteiger partial charge in [-0.15, -0.1) is 11.3 Å². The average molecular weight is 434 g/mol. The third-order valence-corrected chi connectivity index (χ3v) is 5.09. The topological polar surface area (TPSA) is 57.7 Å². The molecule has 3 rings (SSSR count). The molecule has 0 saturated carbocycles. The summed E-state index contributed by atoms with van der Waals surface area (Å²) in [6, 6.07) is 11.0. The van der Waals surface area contributed by atoms with Gasteiger partial charge in [-0.2, -0.15) is 0 Å². The SMILES string of the molecule is COc1ccc(-c2nc(COc3ccc(Br)cc3C=O)cs2)cc1OC. The van der Waals surface area contributed by atoms with E-state index in [1.807, 2.05) is 29.6 Å². The molecule has 0 spiro atoms. The molecule has 0 aliphatic heterocycles. The standard InChI is InChI=1S/C19H16BrNO4S/c1-23-17-5-3-12(8-18(17)24-2)19-21-15(11-26-19)10-25-16-6-4-14(20)7-13(16)9-22/h3-9,11H,10H2,1-2H3. The number of aldehydes is 1. The molecule has 0 aliphatic carbocycles. The number of ether oxygens (including phenoxy) is 3. The summed E-state index contributed by atoms with van der Waals surface area (Å²) in [7, 11) is 3.21. The van der Waals surface area contributed by atoms with Gasteiger partial charge in [0.15, 0.2) is 17.8 Å². The van der Waals surface area contributed by atoms with E-state index < -0.39 is 0 Å². The summed E-state index contributed by atoms with van der Waals surface area (Å²) in [6.07, 6.45) is 0.774. The first kappa shape index (κ1) is 18.4. The van der Waals surface area contributed by atoms with E-state index in [1.165, 1.54) is 11.3 Å². The Morgan fingerprint density at radius 2 is 1.85 bits per heavy atom. The zero-order chi connectivity index (χ0) is 18.5. The number of rotatable bonds is 7. The van der Waals surface area contributed by atoms with Crippen molar-refractivity contribution in [2.45, 2.75) is 6.61 Å². The summed E-state index contributed by atoms with van der Waals surface area (Å²) in [6.45, 7) is 0.284. The number of carbonyl (C=O) groups excluding carboxylic acids is 1. The fourth-order valence-corrected chi connectivity index (χ4v) is 3.55. The van der Waals surface area contributed by atoms with Crippen LogP contribution < -0.4 is 14.2 Å². The first-order valence-corrected chi connectivity index (χ1v) is 9.36. The highest BCUT2D eigenvalue weighted by molar-refractivity contribution is 9.10. The number of methoxy groups -OCH3 is 2. The maximum atomic E-state index is 11.2. The molecule has 0 N–H and O–H groups in total. The predicted molar refractivity (Wildman–Crippen MR) is 105 cm³/mol. The van der Waals surface area contributed by atoms with Crippen molar-refractivity contribution in [1.29, 1.82) is 0 Å². The molecular formula is C19H16BrNO4S. The lowest BCUT2D eigenvalue weighted by molar-refractivity contribution is 0.111. The van der Waals surface area contributed by atoms with Gasteiger partial charge in [0.2, 0.25) is 0 Å². The maximum Gasteiger partial charge on any atom is 0.161 e. The Morgan fingerprint density at radius 3 is 2.58 bits per heavy atom. The quantitative estimate of drug-likeness (QED) is 0.491. The smallest absolute Gasteiger partial charge is 0.161 e. The van der Waals surface area contributed by atoms with Crippen LogP contribution in [0.3, 0.4) is 0 Å². The number of nitrogens with zero attached hydrogens (tertiary/aromatic N) is 1. The molecule has 26 heavy (non-hydrogen) atoms. The number of aromatic nitrogens is 1. The van der Waals surface area contributed by atoms with Gasteiger partial charge in [-0.1, -0.05) is 15.9 Å². The summed E-state index contributed by atoms with van der Waals surface area (Å²) in [5, 5.41) is 2.79. The van der Waals surface area contributed by atoms with Crippen molar-refractivity contribution in [3.05, 3.63) is 57.5 Å². The molecule has 0 bridgehead atoms. The molecule has 134 valence electrons. The molecule has 3 aromatic rings. The van der Waals surface area contributed by atoms with Crippen LogP contribution in [0.5, 0.6) is 17.2 Å². The summed E-state index contributed by atoms with van der Waals surface area (Å²) in [5.74, 6) is 1.86. The fourth-order valence-electron chi connectivity index (χ4n) is 2.37. The summed E-state index contributed by atoms with van der Waals surface area (Å²) >= 11 is 4.86. The minimum Gasteiger partial charge on any atom is -0.493 e. The Kier molecular flexibility index (Phi) is 5.90. The van der Waals surface area contributed by atoms with E-state index in [0.717, 1.165) is 27.0 Å². The van der Waals surface area contributed by atoms with E-state index in [-0.39, 0.29) is 6.61 Å². The van der Waals surface area contributed by atoms with Gasteiger partial charge in [-0.3, -0.25) is 4.79 Å². The van der Waals surface area contributed by atoms with E-state index in [9.17, 15) is 4.79 Å². The first-order chi connectivity index (χ1) is 12.6. The number of carbonyl (C=O) groups is 1. The maximum absolute atomic E-state index is 11.2. The van der Waals surface area contributed by atoms with Crippen molar-refractivity contribution >= 4 is 33.6 Å². The second kappa shape index (κ2) is 8.33. The van der Waals surface area contributed by atoms with Crippen molar-refractivity contribution in [2.75, 3.05) is 14.2 Å². The van der Waals surface area contributed by atoms with Crippen LogP contribution in [0.2, 0.25) is 0 Å². The molecule has 0 atom stereocenters. The predicted octanol–water partition coefficient (Wildman–Crippen LogP) is 4.98. The Hall–Kier alpha value is -2.38. The Bertz CT molecular complexity index is 926. The molecule has 0 radical (unpaired) electrons. The minimum atomic E-state index is 0.284. The fraction of sp³-hybridized carbons (Fsp3) is 0.158. The third kappa shape index (κ3) is 4.05. The highest BCUT2D eigenvalue weighted by Crippen LogP contribution is 2.33. The van der Waals surface area contributed by atoms with Crippen LogP contribution in [-0.2, 0) is 6.61 Å². The molecule has 1 aromatic heterocycles. The van der Waals surface area contributed by atoms with Crippen molar-refractivity contribution in [3.63, 3.8) is 0 Å². The van der Waals surface area contributed by atoms with Crippen molar-refractivity contribution < 1.29 is 19.0 Å². The lowest BCUT2D eigenvalue weighted by atomic mass is 10.2. The molecule has 0 aliphatic rings. The molecule has 0 unspecified atom stereocenters. The van der Waals surface area contributed by atoms with Crippen molar-refractivity contribution in [2.24, 2.45) is 0 Å². The Morgan fingerprint density at radius 1 is 1.08 bits per heavy atom.